The Balaban J connectivity index is 2.66. The van der Waals surface area contributed by atoms with Crippen LogP contribution in [0.1, 0.15) is 25.0 Å². The van der Waals surface area contributed by atoms with Crippen molar-refractivity contribution in [3.63, 3.8) is 0 Å². The van der Waals surface area contributed by atoms with Crippen molar-refractivity contribution in [1.29, 1.82) is 0 Å². The van der Waals surface area contributed by atoms with E-state index in [9.17, 15) is 0 Å². The van der Waals surface area contributed by atoms with Gasteiger partial charge in [0.2, 0.25) is 0 Å². The van der Waals surface area contributed by atoms with Gasteiger partial charge in [-0.1, -0.05) is 0 Å². The smallest absolute Gasteiger partial charge is 0.158 e. The second-order valence-electron chi connectivity index (χ2n) is 3.92. The van der Waals surface area contributed by atoms with E-state index < -0.39 is 0 Å². The van der Waals surface area contributed by atoms with Gasteiger partial charge >= 0.3 is 0 Å². The topological polar surface area (TPSA) is 69.4 Å². The second-order valence-corrected chi connectivity index (χ2v) is 3.92. The number of aliphatic hydroxyl groups excluding tert-OH is 1. The highest BCUT2D eigenvalue weighted by Crippen LogP contribution is 2.08. The molecule has 0 fully saturated rings. The first-order valence-corrected chi connectivity index (χ1v) is 5.76. The van der Waals surface area contributed by atoms with Crippen LogP contribution in [0.3, 0.4) is 0 Å². The van der Waals surface area contributed by atoms with Crippen LogP contribution < -0.4 is 0 Å². The number of nitrogens with zero attached hydrogens (tertiary/aromatic N) is 3. The molecule has 0 aliphatic heterocycles. The number of aryl methyl sites for hydroxylation is 1. The molecular weight excluding hydrogens is 222 g/mol. The summed E-state index contributed by atoms with van der Waals surface area (Å²) in [5.41, 5.74) is 0. The molecule has 0 saturated carbocycles. The zero-order chi connectivity index (χ0) is 12.7. The number of ether oxygens (including phenoxy) is 2. The quantitative estimate of drug-likeness (QED) is 0.715. The maximum atomic E-state index is 9.17. The van der Waals surface area contributed by atoms with E-state index in [0.717, 1.165) is 18.7 Å². The molecule has 0 spiro atoms. The Morgan fingerprint density at radius 2 is 2.00 bits per heavy atom. The summed E-state index contributed by atoms with van der Waals surface area (Å²) in [5.74, 6) is 1.46. The maximum Gasteiger partial charge on any atom is 0.158 e. The molecular formula is C11H21N3O3. The molecule has 0 aromatic carbocycles. The molecule has 0 radical (unpaired) electrons. The van der Waals surface area contributed by atoms with E-state index >= 15 is 0 Å². The predicted molar refractivity (Wildman–Crippen MR) is 62.6 cm³/mol. The van der Waals surface area contributed by atoms with Crippen LogP contribution in [0.25, 0.3) is 0 Å². The molecule has 0 amide bonds. The van der Waals surface area contributed by atoms with Crippen molar-refractivity contribution in [3.8, 4) is 0 Å². The van der Waals surface area contributed by atoms with Gasteiger partial charge in [-0.05, 0) is 13.3 Å². The first kappa shape index (κ1) is 14.1. The zero-order valence-electron chi connectivity index (χ0n) is 10.7. The molecule has 1 aromatic heterocycles. The molecule has 1 unspecified atom stereocenters. The average Bonchev–Trinajstić information content (AvgIpc) is 2.75. The number of rotatable bonds is 8. The molecule has 6 heteroatoms. The molecule has 1 aromatic rings. The molecule has 1 rings (SSSR count). The lowest BCUT2D eigenvalue weighted by Gasteiger charge is -2.11. The third kappa shape index (κ3) is 4.07. The van der Waals surface area contributed by atoms with Gasteiger partial charge in [0.25, 0.3) is 0 Å². The van der Waals surface area contributed by atoms with Crippen LogP contribution in [-0.2, 0) is 29.0 Å². The van der Waals surface area contributed by atoms with Gasteiger partial charge in [-0.15, -0.1) is 10.2 Å². The standard InChI is InChI=1S/C11H21N3O3/c1-9(17-3)4-5-10-12-13-11(8-15)14(10)6-7-16-2/h9,15H,4-8H2,1-3H3. The Morgan fingerprint density at radius 1 is 1.29 bits per heavy atom. The fourth-order valence-corrected chi connectivity index (χ4v) is 1.57. The first-order chi connectivity index (χ1) is 8.22. The lowest BCUT2D eigenvalue weighted by molar-refractivity contribution is 0.110. The van der Waals surface area contributed by atoms with Crippen LogP contribution >= 0.6 is 0 Å². The maximum absolute atomic E-state index is 9.17. The summed E-state index contributed by atoms with van der Waals surface area (Å²) in [7, 11) is 3.34. The van der Waals surface area contributed by atoms with Crippen LogP contribution in [0.4, 0.5) is 0 Å². The number of methoxy groups -OCH3 is 2. The molecule has 0 saturated heterocycles. The molecule has 6 nitrogen and oxygen atoms in total. The fraction of sp³-hybridized carbons (Fsp3) is 0.818. The summed E-state index contributed by atoms with van der Waals surface area (Å²) in [6.45, 7) is 3.16. The summed E-state index contributed by atoms with van der Waals surface area (Å²) in [6.07, 6.45) is 1.86. The SMILES string of the molecule is COCCn1c(CO)nnc1CCC(C)OC. The van der Waals surface area contributed by atoms with Gasteiger partial charge < -0.3 is 19.1 Å². The second kappa shape index (κ2) is 7.37. The zero-order valence-corrected chi connectivity index (χ0v) is 10.7. The Labute approximate surface area is 102 Å². The highest BCUT2D eigenvalue weighted by molar-refractivity contribution is 4.95. The lowest BCUT2D eigenvalue weighted by atomic mass is 10.2. The average molecular weight is 243 g/mol. The van der Waals surface area contributed by atoms with Crippen molar-refractivity contribution in [2.45, 2.75) is 39.0 Å². The molecule has 0 bridgehead atoms. The van der Waals surface area contributed by atoms with Gasteiger partial charge in [-0.25, -0.2) is 0 Å². The Kier molecular flexibility index (Phi) is 6.10. The van der Waals surface area contributed by atoms with Crippen molar-refractivity contribution >= 4 is 0 Å². The van der Waals surface area contributed by atoms with E-state index in [1.165, 1.54) is 0 Å². The van der Waals surface area contributed by atoms with Gasteiger partial charge in [0.15, 0.2) is 5.82 Å². The fourth-order valence-electron chi connectivity index (χ4n) is 1.57. The highest BCUT2D eigenvalue weighted by Gasteiger charge is 2.12. The third-order valence-corrected chi connectivity index (χ3v) is 2.74. The van der Waals surface area contributed by atoms with E-state index in [4.69, 9.17) is 14.6 Å². The molecule has 0 aliphatic rings. The number of hydrogen-bond acceptors (Lipinski definition) is 5. The van der Waals surface area contributed by atoms with Crippen molar-refractivity contribution in [1.82, 2.24) is 14.8 Å². The van der Waals surface area contributed by atoms with E-state index in [-0.39, 0.29) is 12.7 Å². The molecule has 0 aliphatic carbocycles. The van der Waals surface area contributed by atoms with Crippen molar-refractivity contribution in [3.05, 3.63) is 11.6 Å². The largest absolute Gasteiger partial charge is 0.388 e. The van der Waals surface area contributed by atoms with Crippen molar-refractivity contribution < 1.29 is 14.6 Å². The van der Waals surface area contributed by atoms with Gasteiger partial charge in [0.05, 0.1) is 12.7 Å². The van der Waals surface area contributed by atoms with E-state index in [2.05, 4.69) is 10.2 Å². The Bertz CT molecular complexity index is 328. The van der Waals surface area contributed by atoms with Crippen LogP contribution in [-0.4, -0.2) is 46.8 Å². The number of hydrogen-bond donors (Lipinski definition) is 1. The predicted octanol–water partition coefficient (Wildman–Crippen LogP) is 0.384. The first-order valence-electron chi connectivity index (χ1n) is 5.76. The summed E-state index contributed by atoms with van der Waals surface area (Å²) < 4.78 is 12.1. The van der Waals surface area contributed by atoms with Crippen LogP contribution in [0.2, 0.25) is 0 Å². The van der Waals surface area contributed by atoms with E-state index in [1.807, 2.05) is 11.5 Å². The molecule has 1 N–H and O–H groups in total. The summed E-state index contributed by atoms with van der Waals surface area (Å²) in [5, 5.41) is 17.2. The Morgan fingerprint density at radius 3 is 2.59 bits per heavy atom. The van der Waals surface area contributed by atoms with Gasteiger partial charge in [0.1, 0.15) is 12.4 Å². The van der Waals surface area contributed by atoms with Crippen molar-refractivity contribution in [2.24, 2.45) is 0 Å². The van der Waals surface area contributed by atoms with Crippen molar-refractivity contribution in [2.75, 3.05) is 20.8 Å². The molecule has 17 heavy (non-hydrogen) atoms. The minimum Gasteiger partial charge on any atom is -0.388 e. The number of aromatic nitrogens is 3. The summed E-state index contributed by atoms with van der Waals surface area (Å²) >= 11 is 0. The summed E-state index contributed by atoms with van der Waals surface area (Å²) in [4.78, 5) is 0. The molecule has 1 atom stereocenters. The van der Waals surface area contributed by atoms with Gasteiger partial charge in [-0.2, -0.15) is 0 Å². The Hall–Kier alpha value is -0.980. The van der Waals surface area contributed by atoms with Crippen LogP contribution in [0, 0.1) is 0 Å². The molecule has 1 heterocycles. The minimum atomic E-state index is -0.101. The normalized spacial score (nSPS) is 12.9. The minimum absolute atomic E-state index is 0.101. The van der Waals surface area contributed by atoms with E-state index in [1.54, 1.807) is 14.2 Å². The van der Waals surface area contributed by atoms with Gasteiger partial charge in [0, 0.05) is 27.2 Å². The third-order valence-electron chi connectivity index (χ3n) is 2.74. The van der Waals surface area contributed by atoms with Crippen LogP contribution in [0.5, 0.6) is 0 Å². The van der Waals surface area contributed by atoms with Crippen LogP contribution in [0.15, 0.2) is 0 Å². The summed E-state index contributed by atoms with van der Waals surface area (Å²) in [6, 6.07) is 0. The number of aliphatic hydroxyl groups is 1. The van der Waals surface area contributed by atoms with Gasteiger partial charge in [-0.3, -0.25) is 0 Å². The lowest BCUT2D eigenvalue weighted by Crippen LogP contribution is -2.14. The van der Waals surface area contributed by atoms with E-state index in [0.29, 0.717) is 19.0 Å². The highest BCUT2D eigenvalue weighted by atomic mass is 16.5. The molecule has 98 valence electrons. The monoisotopic (exact) mass is 243 g/mol.